The molecule has 5 nitrogen and oxygen atoms in total. The summed E-state index contributed by atoms with van der Waals surface area (Å²) in [6, 6.07) is 2.06. The molecule has 0 atom stereocenters. The van der Waals surface area contributed by atoms with E-state index in [0.717, 1.165) is 42.2 Å². The summed E-state index contributed by atoms with van der Waals surface area (Å²) >= 11 is 3.27. The summed E-state index contributed by atoms with van der Waals surface area (Å²) in [5.74, 6) is 0.588. The normalized spacial score (nSPS) is 19.9. The van der Waals surface area contributed by atoms with Gasteiger partial charge in [0.2, 0.25) is 5.91 Å². The van der Waals surface area contributed by atoms with Crippen molar-refractivity contribution < 1.29 is 14.3 Å². The van der Waals surface area contributed by atoms with Gasteiger partial charge in [0, 0.05) is 35.3 Å². The number of carbonyl (C=O) groups excluding carboxylic acids is 1. The number of nitrogens with zero attached hydrogens (tertiary/aromatic N) is 2. The van der Waals surface area contributed by atoms with E-state index in [1.165, 1.54) is 0 Å². The van der Waals surface area contributed by atoms with Gasteiger partial charge >= 0.3 is 0 Å². The Morgan fingerprint density at radius 1 is 1.25 bits per heavy atom. The highest BCUT2D eigenvalue weighted by molar-refractivity contribution is 7.14. The Balaban J connectivity index is 1.30. The molecule has 1 amide bonds. The van der Waals surface area contributed by atoms with Crippen molar-refractivity contribution in [1.29, 1.82) is 0 Å². The summed E-state index contributed by atoms with van der Waals surface area (Å²) in [6.07, 6.45) is 2.23. The van der Waals surface area contributed by atoms with E-state index < -0.39 is 0 Å². The Morgan fingerprint density at radius 2 is 2.04 bits per heavy atom. The third-order valence-corrected chi connectivity index (χ3v) is 6.20. The lowest BCUT2D eigenvalue weighted by Crippen LogP contribution is -2.42. The van der Waals surface area contributed by atoms with E-state index in [4.69, 9.17) is 9.47 Å². The zero-order valence-electron chi connectivity index (χ0n) is 13.3. The van der Waals surface area contributed by atoms with E-state index in [1.54, 1.807) is 22.7 Å². The maximum Gasteiger partial charge on any atom is 0.228 e. The molecule has 4 rings (SSSR count). The maximum absolute atomic E-state index is 12.5. The molecule has 0 unspecified atom stereocenters. The van der Waals surface area contributed by atoms with Crippen LogP contribution in [0.1, 0.15) is 18.5 Å². The van der Waals surface area contributed by atoms with Crippen molar-refractivity contribution in [2.75, 3.05) is 26.3 Å². The average Bonchev–Trinajstić information content (AvgIpc) is 3.36. The molecular weight excluding hydrogens is 344 g/mol. The lowest BCUT2D eigenvalue weighted by Gasteiger charge is -2.33. The molecule has 2 aliphatic rings. The molecule has 128 valence electrons. The first-order valence-corrected chi connectivity index (χ1v) is 10.1. The van der Waals surface area contributed by atoms with Crippen molar-refractivity contribution in [3.05, 3.63) is 27.9 Å². The summed E-state index contributed by atoms with van der Waals surface area (Å²) in [7, 11) is 0. The van der Waals surface area contributed by atoms with Crippen molar-refractivity contribution in [2.24, 2.45) is 5.92 Å². The molecule has 2 saturated heterocycles. The minimum atomic E-state index is -0.0611. The lowest BCUT2D eigenvalue weighted by atomic mass is 9.96. The molecule has 2 aliphatic heterocycles. The van der Waals surface area contributed by atoms with Crippen molar-refractivity contribution in [1.82, 2.24) is 9.88 Å². The predicted molar refractivity (Wildman–Crippen MR) is 94.1 cm³/mol. The molecule has 2 aromatic heterocycles. The Labute approximate surface area is 149 Å². The fraction of sp³-hybridized carbons (Fsp3) is 0.529. The van der Waals surface area contributed by atoms with Crippen LogP contribution in [-0.2, 0) is 20.7 Å². The Morgan fingerprint density at radius 3 is 2.75 bits per heavy atom. The summed E-state index contributed by atoms with van der Waals surface area (Å²) in [5.41, 5.74) is 2.01. The summed E-state index contributed by atoms with van der Waals surface area (Å²) in [5, 5.41) is 7.12. The first-order chi connectivity index (χ1) is 11.8. The van der Waals surface area contributed by atoms with Gasteiger partial charge in [-0.1, -0.05) is 0 Å². The molecule has 0 radical (unpaired) electrons. The number of thiazole rings is 1. The number of piperidine rings is 1. The number of carbonyl (C=O) groups is 1. The van der Waals surface area contributed by atoms with Crippen molar-refractivity contribution in [3.8, 4) is 10.6 Å². The van der Waals surface area contributed by atoms with Crippen LogP contribution < -0.4 is 0 Å². The minimum Gasteiger partial charge on any atom is -0.350 e. The zero-order valence-corrected chi connectivity index (χ0v) is 15.0. The standard InChI is InChI=1S/C17H20N2O3S2/c20-15(9-14-11-24-16(18-14)13-3-8-23-10-13)19-4-1-12(2-5-19)17-21-6-7-22-17/h3,8,10-12,17H,1-2,4-7,9H2. The fourth-order valence-electron chi connectivity index (χ4n) is 3.24. The number of ether oxygens (including phenoxy) is 2. The predicted octanol–water partition coefficient (Wildman–Crippen LogP) is 3.03. The van der Waals surface area contributed by atoms with Crippen LogP contribution in [0.4, 0.5) is 0 Å². The van der Waals surface area contributed by atoms with E-state index >= 15 is 0 Å². The topological polar surface area (TPSA) is 51.7 Å². The molecule has 0 aliphatic carbocycles. The van der Waals surface area contributed by atoms with Gasteiger partial charge < -0.3 is 14.4 Å². The van der Waals surface area contributed by atoms with Gasteiger partial charge in [-0.2, -0.15) is 11.3 Å². The summed E-state index contributed by atoms with van der Waals surface area (Å²) in [6.45, 7) is 2.96. The van der Waals surface area contributed by atoms with E-state index in [1.807, 2.05) is 15.7 Å². The number of likely N-dealkylation sites (tertiary alicyclic amines) is 1. The van der Waals surface area contributed by atoms with Gasteiger partial charge in [-0.15, -0.1) is 11.3 Å². The van der Waals surface area contributed by atoms with Gasteiger partial charge in [0.15, 0.2) is 6.29 Å². The Hall–Kier alpha value is -1.28. The number of amides is 1. The molecule has 4 heterocycles. The molecule has 2 aromatic rings. The number of hydrogen-bond acceptors (Lipinski definition) is 6. The first-order valence-electron chi connectivity index (χ1n) is 8.27. The van der Waals surface area contributed by atoms with E-state index in [2.05, 4.69) is 16.4 Å². The van der Waals surface area contributed by atoms with Crippen LogP contribution in [0.3, 0.4) is 0 Å². The maximum atomic E-state index is 12.5. The van der Waals surface area contributed by atoms with Gasteiger partial charge in [-0.25, -0.2) is 4.98 Å². The fourth-order valence-corrected chi connectivity index (χ4v) is 4.78. The van der Waals surface area contributed by atoms with Gasteiger partial charge in [-0.05, 0) is 24.3 Å². The molecule has 24 heavy (non-hydrogen) atoms. The molecule has 0 saturated carbocycles. The second-order valence-electron chi connectivity index (χ2n) is 6.16. The molecule has 2 fully saturated rings. The third-order valence-electron chi connectivity index (χ3n) is 4.58. The van der Waals surface area contributed by atoms with Crippen LogP contribution in [-0.4, -0.2) is 48.4 Å². The van der Waals surface area contributed by atoms with Gasteiger partial charge in [0.25, 0.3) is 0 Å². The quantitative estimate of drug-likeness (QED) is 0.837. The first kappa shape index (κ1) is 16.2. The van der Waals surface area contributed by atoms with E-state index in [9.17, 15) is 4.79 Å². The number of hydrogen-bond donors (Lipinski definition) is 0. The zero-order chi connectivity index (χ0) is 16.4. The molecule has 0 N–H and O–H groups in total. The van der Waals surface area contributed by atoms with E-state index in [0.29, 0.717) is 25.6 Å². The number of aromatic nitrogens is 1. The summed E-state index contributed by atoms with van der Waals surface area (Å²) < 4.78 is 11.2. The van der Waals surface area contributed by atoms with Crippen LogP contribution >= 0.6 is 22.7 Å². The lowest BCUT2D eigenvalue weighted by molar-refractivity contribution is -0.136. The van der Waals surface area contributed by atoms with Gasteiger partial charge in [-0.3, -0.25) is 4.79 Å². The Bertz CT molecular complexity index is 672. The molecule has 0 bridgehead atoms. The number of rotatable bonds is 4. The van der Waals surface area contributed by atoms with E-state index in [-0.39, 0.29) is 12.2 Å². The highest BCUT2D eigenvalue weighted by Gasteiger charge is 2.31. The highest BCUT2D eigenvalue weighted by atomic mass is 32.1. The highest BCUT2D eigenvalue weighted by Crippen LogP contribution is 2.28. The Kier molecular flexibility index (Phi) is 4.93. The van der Waals surface area contributed by atoms with Crippen LogP contribution in [0.15, 0.2) is 22.2 Å². The molecule has 0 aromatic carbocycles. The van der Waals surface area contributed by atoms with Gasteiger partial charge in [0.1, 0.15) is 5.01 Å². The third kappa shape index (κ3) is 3.54. The van der Waals surface area contributed by atoms with Crippen molar-refractivity contribution in [3.63, 3.8) is 0 Å². The van der Waals surface area contributed by atoms with Gasteiger partial charge in [0.05, 0.1) is 25.3 Å². The molecule has 7 heteroatoms. The van der Waals surface area contributed by atoms with Crippen LogP contribution in [0, 0.1) is 5.92 Å². The van der Waals surface area contributed by atoms with Crippen LogP contribution in [0.5, 0.6) is 0 Å². The van der Waals surface area contributed by atoms with Crippen LogP contribution in [0.2, 0.25) is 0 Å². The SMILES string of the molecule is O=C(Cc1csc(-c2ccsc2)n1)N1CCC(C2OCCO2)CC1. The van der Waals surface area contributed by atoms with Crippen molar-refractivity contribution in [2.45, 2.75) is 25.6 Å². The van der Waals surface area contributed by atoms with Crippen molar-refractivity contribution >= 4 is 28.6 Å². The minimum absolute atomic E-state index is 0.0611. The number of thiophene rings is 1. The average molecular weight is 364 g/mol. The smallest absolute Gasteiger partial charge is 0.228 e. The monoisotopic (exact) mass is 364 g/mol. The summed E-state index contributed by atoms with van der Waals surface area (Å²) in [4.78, 5) is 19.1. The largest absolute Gasteiger partial charge is 0.350 e. The molecule has 0 spiro atoms. The second-order valence-corrected chi connectivity index (χ2v) is 7.80. The second kappa shape index (κ2) is 7.31. The molecular formula is C17H20N2O3S2. The van der Waals surface area contributed by atoms with Crippen LogP contribution in [0.25, 0.3) is 10.6 Å².